The lowest BCUT2D eigenvalue weighted by atomic mass is 10.1. The van der Waals surface area contributed by atoms with E-state index in [-0.39, 0.29) is 9.79 Å². The van der Waals surface area contributed by atoms with E-state index >= 15 is 0 Å². The molecule has 0 saturated carbocycles. The molecule has 1 saturated heterocycles. The Bertz CT molecular complexity index is 1280. The van der Waals surface area contributed by atoms with Crippen molar-refractivity contribution >= 4 is 20.2 Å². The Labute approximate surface area is 219 Å². The fourth-order valence-corrected chi connectivity index (χ4v) is 5.65. The SMILES string of the molecule is CC[C@@H](O)/C=C/[C@H]1OC(C)(C)O[C@@H]1[C@@H](COS(=O)(=O)c1ccc(C)cc1)OS(=O)(=O)c1ccc(C)cc1. The third-order valence-electron chi connectivity index (χ3n) is 5.73. The first-order chi connectivity index (χ1) is 17.2. The van der Waals surface area contributed by atoms with E-state index in [1.807, 2.05) is 13.8 Å². The zero-order valence-corrected chi connectivity index (χ0v) is 23.2. The standard InChI is InChI=1S/C26H34O9S2/c1-6-20(27)11-16-23-25(34-26(4,5)33-23)24(35-37(30,31)22-14-9-19(3)10-15-22)17-32-36(28,29)21-12-7-18(2)8-13-21/h7-16,20,23-25,27H,6,17H2,1-5H3/b16-11+/t20-,23-,24-,25+/m1/s1. The first-order valence-electron chi connectivity index (χ1n) is 11.9. The van der Waals surface area contributed by atoms with Crippen LogP contribution in [0.2, 0.25) is 0 Å². The van der Waals surface area contributed by atoms with Crippen LogP contribution in [0.5, 0.6) is 0 Å². The zero-order valence-electron chi connectivity index (χ0n) is 21.5. The normalized spacial score (nSPS) is 21.8. The highest BCUT2D eigenvalue weighted by Crippen LogP contribution is 2.33. The molecule has 2 aromatic rings. The van der Waals surface area contributed by atoms with Crippen molar-refractivity contribution < 1.29 is 39.8 Å². The summed E-state index contributed by atoms with van der Waals surface area (Å²) in [7, 11) is -8.56. The van der Waals surface area contributed by atoms with Crippen LogP contribution in [0, 0.1) is 13.8 Å². The summed E-state index contributed by atoms with van der Waals surface area (Å²) in [5.41, 5.74) is 1.73. The smallest absolute Gasteiger partial charge is 0.297 e. The van der Waals surface area contributed by atoms with E-state index in [1.165, 1.54) is 30.3 Å². The van der Waals surface area contributed by atoms with Crippen molar-refractivity contribution in [2.75, 3.05) is 6.61 Å². The maximum atomic E-state index is 13.1. The molecule has 0 unspecified atom stereocenters. The van der Waals surface area contributed by atoms with E-state index in [2.05, 4.69) is 0 Å². The number of hydrogen-bond donors (Lipinski definition) is 1. The molecule has 3 rings (SSSR count). The largest absolute Gasteiger partial charge is 0.389 e. The molecular weight excluding hydrogens is 520 g/mol. The molecule has 1 heterocycles. The van der Waals surface area contributed by atoms with Gasteiger partial charge in [0.05, 0.1) is 22.5 Å². The van der Waals surface area contributed by atoms with E-state index in [1.54, 1.807) is 51.1 Å². The van der Waals surface area contributed by atoms with Crippen molar-refractivity contribution in [3.05, 3.63) is 71.8 Å². The molecule has 37 heavy (non-hydrogen) atoms. The second-order valence-electron chi connectivity index (χ2n) is 9.38. The Morgan fingerprint density at radius 1 is 0.919 bits per heavy atom. The van der Waals surface area contributed by atoms with Gasteiger partial charge >= 0.3 is 0 Å². The summed E-state index contributed by atoms with van der Waals surface area (Å²) in [6, 6.07) is 12.1. The summed E-state index contributed by atoms with van der Waals surface area (Å²) in [5, 5.41) is 9.97. The van der Waals surface area contributed by atoms with Crippen LogP contribution in [-0.4, -0.2) is 58.8 Å². The lowest BCUT2D eigenvalue weighted by Crippen LogP contribution is -2.42. The first-order valence-corrected chi connectivity index (χ1v) is 14.7. The molecule has 0 amide bonds. The molecule has 11 heteroatoms. The van der Waals surface area contributed by atoms with Gasteiger partial charge in [-0.3, -0.25) is 8.37 Å². The second kappa shape index (κ2) is 11.7. The number of ether oxygens (including phenoxy) is 2. The molecule has 0 bridgehead atoms. The summed E-state index contributed by atoms with van der Waals surface area (Å²) in [4.78, 5) is -0.180. The fourth-order valence-electron chi connectivity index (χ4n) is 3.66. The number of benzene rings is 2. The van der Waals surface area contributed by atoms with Crippen LogP contribution in [-0.2, 0) is 38.1 Å². The van der Waals surface area contributed by atoms with E-state index in [9.17, 15) is 21.9 Å². The van der Waals surface area contributed by atoms with Gasteiger partial charge < -0.3 is 14.6 Å². The molecule has 204 valence electrons. The number of aliphatic hydroxyl groups excluding tert-OH is 1. The number of aliphatic hydroxyl groups is 1. The van der Waals surface area contributed by atoms with Crippen molar-refractivity contribution in [2.24, 2.45) is 0 Å². The first kappa shape index (κ1) is 29.4. The molecule has 4 atom stereocenters. The minimum absolute atomic E-state index is 0.0790. The van der Waals surface area contributed by atoms with Crippen molar-refractivity contribution in [1.82, 2.24) is 0 Å². The van der Waals surface area contributed by atoms with E-state index in [4.69, 9.17) is 17.8 Å². The van der Waals surface area contributed by atoms with Crippen LogP contribution >= 0.6 is 0 Å². The van der Waals surface area contributed by atoms with E-state index in [0.717, 1.165) is 11.1 Å². The number of rotatable bonds is 11. The summed E-state index contributed by atoms with van der Waals surface area (Å²) in [5.74, 6) is -1.14. The zero-order chi connectivity index (χ0) is 27.4. The van der Waals surface area contributed by atoms with Gasteiger partial charge in [-0.25, -0.2) is 0 Å². The maximum absolute atomic E-state index is 13.1. The minimum Gasteiger partial charge on any atom is -0.389 e. The molecule has 9 nitrogen and oxygen atoms in total. The van der Waals surface area contributed by atoms with Gasteiger partial charge in [-0.1, -0.05) is 54.5 Å². The molecule has 0 radical (unpaired) electrons. The quantitative estimate of drug-likeness (QED) is 0.327. The molecule has 0 aromatic heterocycles. The van der Waals surface area contributed by atoms with Crippen LogP contribution in [0.4, 0.5) is 0 Å². The van der Waals surface area contributed by atoms with Gasteiger partial charge in [0.25, 0.3) is 20.2 Å². The Balaban J connectivity index is 1.93. The highest BCUT2D eigenvalue weighted by Gasteiger charge is 2.46. The fraction of sp³-hybridized carbons (Fsp3) is 0.462. The van der Waals surface area contributed by atoms with Crippen LogP contribution in [0.25, 0.3) is 0 Å². The highest BCUT2D eigenvalue weighted by atomic mass is 32.2. The van der Waals surface area contributed by atoms with Gasteiger partial charge in [0.2, 0.25) is 0 Å². The summed E-state index contributed by atoms with van der Waals surface area (Å²) in [6.07, 6.45) is -0.542. The van der Waals surface area contributed by atoms with Crippen molar-refractivity contribution in [2.45, 2.75) is 81.0 Å². The van der Waals surface area contributed by atoms with Gasteiger partial charge in [0, 0.05) is 0 Å². The summed E-state index contributed by atoms with van der Waals surface area (Å²) < 4.78 is 74.7. The number of aryl methyl sites for hydroxylation is 2. The van der Waals surface area contributed by atoms with E-state index < -0.39 is 57.0 Å². The van der Waals surface area contributed by atoms with E-state index in [0.29, 0.717) is 6.42 Å². The van der Waals surface area contributed by atoms with Gasteiger partial charge in [-0.2, -0.15) is 16.8 Å². The molecule has 0 aliphatic carbocycles. The Hall–Kier alpha value is -2.12. The summed E-state index contributed by atoms with van der Waals surface area (Å²) in [6.45, 7) is 8.05. The van der Waals surface area contributed by atoms with Crippen LogP contribution in [0.15, 0.2) is 70.5 Å². The molecule has 1 fully saturated rings. The van der Waals surface area contributed by atoms with Gasteiger partial charge in [-0.15, -0.1) is 0 Å². The van der Waals surface area contributed by atoms with Crippen LogP contribution in [0.1, 0.15) is 38.3 Å². The highest BCUT2D eigenvalue weighted by molar-refractivity contribution is 7.87. The second-order valence-corrected chi connectivity index (χ2v) is 12.6. The molecule has 2 aromatic carbocycles. The van der Waals surface area contributed by atoms with Crippen molar-refractivity contribution in [3.8, 4) is 0 Å². The lowest BCUT2D eigenvalue weighted by molar-refractivity contribution is -0.152. The van der Waals surface area contributed by atoms with Gasteiger partial charge in [-0.05, 0) is 58.4 Å². The summed E-state index contributed by atoms with van der Waals surface area (Å²) >= 11 is 0. The molecule has 1 N–H and O–H groups in total. The van der Waals surface area contributed by atoms with Crippen molar-refractivity contribution in [3.63, 3.8) is 0 Å². The average Bonchev–Trinajstić information content (AvgIpc) is 3.15. The molecule has 1 aliphatic heterocycles. The van der Waals surface area contributed by atoms with Crippen LogP contribution < -0.4 is 0 Å². The topological polar surface area (TPSA) is 125 Å². The molecule has 0 spiro atoms. The average molecular weight is 555 g/mol. The maximum Gasteiger partial charge on any atom is 0.297 e. The number of hydrogen-bond acceptors (Lipinski definition) is 9. The van der Waals surface area contributed by atoms with Crippen LogP contribution in [0.3, 0.4) is 0 Å². The van der Waals surface area contributed by atoms with Gasteiger partial charge in [0.1, 0.15) is 18.3 Å². The lowest BCUT2D eigenvalue weighted by Gasteiger charge is -2.25. The Kier molecular flexibility index (Phi) is 9.33. The van der Waals surface area contributed by atoms with Crippen molar-refractivity contribution in [1.29, 1.82) is 0 Å². The Morgan fingerprint density at radius 2 is 1.43 bits per heavy atom. The third-order valence-corrected chi connectivity index (χ3v) is 8.37. The van der Waals surface area contributed by atoms with Gasteiger partial charge in [0.15, 0.2) is 5.79 Å². The third kappa shape index (κ3) is 7.93. The predicted octanol–water partition coefficient (Wildman–Crippen LogP) is 3.63. The predicted molar refractivity (Wildman–Crippen MR) is 137 cm³/mol. The minimum atomic E-state index is -4.33. The Morgan fingerprint density at radius 3 is 1.95 bits per heavy atom. The molecule has 1 aliphatic rings. The molecular formula is C26H34O9S2. The monoisotopic (exact) mass is 554 g/mol.